The Morgan fingerprint density at radius 1 is 1.58 bits per heavy atom. The minimum atomic E-state index is -0.319. The predicted octanol–water partition coefficient (Wildman–Crippen LogP) is 1.74. The summed E-state index contributed by atoms with van der Waals surface area (Å²) in [7, 11) is 0. The van der Waals surface area contributed by atoms with Crippen molar-refractivity contribution < 1.29 is 9.84 Å². The summed E-state index contributed by atoms with van der Waals surface area (Å²) in [5, 5.41) is 9.68. The third kappa shape index (κ3) is 2.61. The molecule has 1 heterocycles. The summed E-state index contributed by atoms with van der Waals surface area (Å²) < 4.78 is 5.38. The van der Waals surface area contributed by atoms with E-state index in [0.29, 0.717) is 18.6 Å². The van der Waals surface area contributed by atoms with Gasteiger partial charge in [0.1, 0.15) is 0 Å². The lowest BCUT2D eigenvalue weighted by molar-refractivity contribution is 0.0992. The van der Waals surface area contributed by atoms with Crippen molar-refractivity contribution >= 4 is 0 Å². The van der Waals surface area contributed by atoms with Crippen LogP contribution in [0.15, 0.2) is 11.6 Å². The topological polar surface area (TPSA) is 29.5 Å². The molecule has 0 radical (unpaired) electrons. The van der Waals surface area contributed by atoms with Crippen LogP contribution in [0.3, 0.4) is 0 Å². The normalized spacial score (nSPS) is 31.7. The lowest BCUT2D eigenvalue weighted by Gasteiger charge is -2.12. The highest BCUT2D eigenvalue weighted by Gasteiger charge is 2.26. The minimum absolute atomic E-state index is 0.301. The molecule has 0 spiro atoms. The van der Waals surface area contributed by atoms with Gasteiger partial charge in [0.25, 0.3) is 0 Å². The molecule has 70 valence electrons. The van der Waals surface area contributed by atoms with Crippen molar-refractivity contribution in [2.45, 2.75) is 39.4 Å². The van der Waals surface area contributed by atoms with Gasteiger partial charge in [-0.25, -0.2) is 0 Å². The molecule has 12 heavy (non-hydrogen) atoms. The highest BCUT2D eigenvalue weighted by atomic mass is 16.5. The number of aliphatic hydroxyl groups is 1. The maximum atomic E-state index is 9.68. The molecule has 1 rings (SSSR count). The Labute approximate surface area is 74.2 Å². The molecule has 3 unspecified atom stereocenters. The van der Waals surface area contributed by atoms with E-state index in [1.165, 1.54) is 5.57 Å². The number of ether oxygens (including phenoxy) is 1. The second-order valence-corrected chi connectivity index (χ2v) is 3.87. The van der Waals surface area contributed by atoms with E-state index in [0.717, 1.165) is 6.42 Å². The van der Waals surface area contributed by atoms with Gasteiger partial charge in [-0.05, 0) is 27.2 Å². The fourth-order valence-electron chi connectivity index (χ4n) is 1.57. The summed E-state index contributed by atoms with van der Waals surface area (Å²) in [6.07, 6.45) is 2.88. The van der Waals surface area contributed by atoms with Gasteiger partial charge in [-0.15, -0.1) is 0 Å². The zero-order chi connectivity index (χ0) is 9.14. The first kappa shape index (κ1) is 9.75. The third-order valence-corrected chi connectivity index (χ3v) is 2.22. The minimum Gasteiger partial charge on any atom is -0.389 e. The first-order valence-electron chi connectivity index (χ1n) is 4.54. The molecular formula is C10H18O2. The van der Waals surface area contributed by atoms with Crippen LogP contribution in [0, 0.1) is 5.92 Å². The molecule has 0 aromatic heterocycles. The van der Waals surface area contributed by atoms with Crippen LogP contribution in [0.2, 0.25) is 0 Å². The summed E-state index contributed by atoms with van der Waals surface area (Å²) in [4.78, 5) is 0. The maximum Gasteiger partial charge on any atom is 0.0774 e. The molecule has 1 aliphatic heterocycles. The molecule has 0 aromatic carbocycles. The van der Waals surface area contributed by atoms with Crippen LogP contribution in [0.1, 0.15) is 27.2 Å². The molecule has 2 heteroatoms. The third-order valence-electron chi connectivity index (χ3n) is 2.22. The fourth-order valence-corrected chi connectivity index (χ4v) is 1.57. The van der Waals surface area contributed by atoms with Gasteiger partial charge in [0.2, 0.25) is 0 Å². The van der Waals surface area contributed by atoms with E-state index in [9.17, 15) is 5.11 Å². The van der Waals surface area contributed by atoms with Crippen molar-refractivity contribution in [1.29, 1.82) is 0 Å². The van der Waals surface area contributed by atoms with Crippen molar-refractivity contribution in [1.82, 2.24) is 0 Å². The highest BCUT2D eigenvalue weighted by Crippen LogP contribution is 2.23. The molecule has 1 N–H and O–H groups in total. The number of allylic oxidation sites excluding steroid dienone is 1. The molecule has 0 aliphatic carbocycles. The van der Waals surface area contributed by atoms with Crippen LogP contribution < -0.4 is 0 Å². The Balaban J connectivity index is 2.43. The van der Waals surface area contributed by atoms with E-state index in [2.05, 4.69) is 6.92 Å². The lowest BCUT2D eigenvalue weighted by atomic mass is 9.98. The highest BCUT2D eigenvalue weighted by molar-refractivity contribution is 5.00. The van der Waals surface area contributed by atoms with E-state index >= 15 is 0 Å². The van der Waals surface area contributed by atoms with Crippen LogP contribution in [0.4, 0.5) is 0 Å². The van der Waals surface area contributed by atoms with Crippen molar-refractivity contribution in [3.05, 3.63) is 11.6 Å². The first-order valence-corrected chi connectivity index (χ1v) is 4.54. The molecule has 3 atom stereocenters. The van der Waals surface area contributed by atoms with E-state index in [1.807, 2.05) is 19.9 Å². The largest absolute Gasteiger partial charge is 0.389 e. The molecule has 1 fully saturated rings. The molecule has 0 aromatic rings. The van der Waals surface area contributed by atoms with Gasteiger partial charge < -0.3 is 9.84 Å². The molecular weight excluding hydrogens is 152 g/mol. The van der Waals surface area contributed by atoms with Crippen molar-refractivity contribution in [2.24, 2.45) is 5.92 Å². The van der Waals surface area contributed by atoms with E-state index in [1.54, 1.807) is 0 Å². The molecule has 0 amide bonds. The summed E-state index contributed by atoms with van der Waals surface area (Å²) in [5.41, 5.74) is 1.17. The average Bonchev–Trinajstić information content (AvgIpc) is 2.34. The van der Waals surface area contributed by atoms with E-state index in [4.69, 9.17) is 4.74 Å². The quantitative estimate of drug-likeness (QED) is 0.640. The molecule has 1 aliphatic rings. The summed E-state index contributed by atoms with van der Waals surface area (Å²) in [6, 6.07) is 0. The zero-order valence-electron chi connectivity index (χ0n) is 8.08. The predicted molar refractivity (Wildman–Crippen MR) is 49.0 cm³/mol. The summed E-state index contributed by atoms with van der Waals surface area (Å²) in [5.74, 6) is 0.301. The van der Waals surface area contributed by atoms with Gasteiger partial charge in [-0.1, -0.05) is 11.6 Å². The second kappa shape index (κ2) is 4.06. The van der Waals surface area contributed by atoms with Crippen LogP contribution in [-0.2, 0) is 4.74 Å². The summed E-state index contributed by atoms with van der Waals surface area (Å²) >= 11 is 0. The van der Waals surface area contributed by atoms with Crippen molar-refractivity contribution in [2.75, 3.05) is 6.61 Å². The molecule has 1 saturated heterocycles. The van der Waals surface area contributed by atoms with Crippen molar-refractivity contribution in [3.8, 4) is 0 Å². The van der Waals surface area contributed by atoms with Crippen LogP contribution >= 0.6 is 0 Å². The fraction of sp³-hybridized carbons (Fsp3) is 0.800. The number of aliphatic hydroxyl groups excluding tert-OH is 1. The Hall–Kier alpha value is -0.340. The van der Waals surface area contributed by atoms with Gasteiger partial charge in [0, 0.05) is 5.92 Å². The van der Waals surface area contributed by atoms with Gasteiger partial charge in [0.15, 0.2) is 0 Å². The Kier molecular flexibility index (Phi) is 3.29. The van der Waals surface area contributed by atoms with Crippen LogP contribution in [-0.4, -0.2) is 23.9 Å². The number of hydrogen-bond acceptors (Lipinski definition) is 2. The average molecular weight is 170 g/mol. The Morgan fingerprint density at radius 2 is 2.25 bits per heavy atom. The maximum absolute atomic E-state index is 9.68. The van der Waals surface area contributed by atoms with Gasteiger partial charge in [0.05, 0.1) is 18.8 Å². The van der Waals surface area contributed by atoms with E-state index in [-0.39, 0.29) is 6.10 Å². The second-order valence-electron chi connectivity index (χ2n) is 3.87. The summed E-state index contributed by atoms with van der Waals surface area (Å²) in [6.45, 7) is 6.76. The molecule has 0 saturated carbocycles. The number of hydrogen-bond donors (Lipinski definition) is 1. The van der Waals surface area contributed by atoms with Gasteiger partial charge in [-0.2, -0.15) is 0 Å². The standard InChI is InChI=1S/C10H18O2/c1-7(2)4-10(11)9-5-8(3)12-6-9/h4,8-11H,5-6H2,1-3H3. The smallest absolute Gasteiger partial charge is 0.0774 e. The van der Waals surface area contributed by atoms with Crippen molar-refractivity contribution in [3.63, 3.8) is 0 Å². The van der Waals surface area contributed by atoms with Crippen LogP contribution in [0.5, 0.6) is 0 Å². The zero-order valence-corrected chi connectivity index (χ0v) is 8.08. The van der Waals surface area contributed by atoms with Gasteiger partial charge >= 0.3 is 0 Å². The Morgan fingerprint density at radius 3 is 2.67 bits per heavy atom. The number of rotatable bonds is 2. The Bertz CT molecular complexity index is 171. The van der Waals surface area contributed by atoms with E-state index < -0.39 is 0 Å². The van der Waals surface area contributed by atoms with Gasteiger partial charge in [-0.3, -0.25) is 0 Å². The van der Waals surface area contributed by atoms with Crippen LogP contribution in [0.25, 0.3) is 0 Å². The first-order chi connectivity index (χ1) is 5.59. The SMILES string of the molecule is CC(C)=CC(O)C1COC(C)C1. The lowest BCUT2D eigenvalue weighted by Crippen LogP contribution is -2.18. The monoisotopic (exact) mass is 170 g/mol. The molecule has 0 bridgehead atoms. The molecule has 2 nitrogen and oxygen atoms in total.